The predicted molar refractivity (Wildman–Crippen MR) is 129 cm³/mol. The normalized spacial score (nSPS) is 18.0. The monoisotopic (exact) mass is 472 g/mol. The SMILES string of the molecule is CCOC(=O)Cn1c(C2CCCCC2)cc(Cc2ccccc2S(=O)(=O)N2CCCC2)c1C. The molecule has 2 fully saturated rings. The van der Waals surface area contributed by atoms with E-state index in [1.807, 2.05) is 26.0 Å². The molecule has 180 valence electrons. The number of rotatable bonds is 8. The maximum atomic E-state index is 13.3. The Labute approximate surface area is 198 Å². The van der Waals surface area contributed by atoms with E-state index < -0.39 is 10.0 Å². The summed E-state index contributed by atoms with van der Waals surface area (Å²) in [5.41, 5.74) is 4.12. The first-order valence-corrected chi connectivity index (χ1v) is 13.8. The van der Waals surface area contributed by atoms with Crippen LogP contribution in [0.15, 0.2) is 35.2 Å². The van der Waals surface area contributed by atoms with E-state index >= 15 is 0 Å². The van der Waals surface area contributed by atoms with Gasteiger partial charge in [-0.1, -0.05) is 37.5 Å². The number of esters is 1. The zero-order valence-electron chi connectivity index (χ0n) is 19.9. The van der Waals surface area contributed by atoms with Crippen molar-refractivity contribution in [1.82, 2.24) is 8.87 Å². The third kappa shape index (κ3) is 5.19. The van der Waals surface area contributed by atoms with Crippen molar-refractivity contribution >= 4 is 16.0 Å². The first-order valence-electron chi connectivity index (χ1n) is 12.3. The molecule has 0 amide bonds. The van der Waals surface area contributed by atoms with Crippen LogP contribution in [-0.2, 0) is 32.5 Å². The smallest absolute Gasteiger partial charge is 0.325 e. The molecule has 0 spiro atoms. The van der Waals surface area contributed by atoms with Crippen LogP contribution >= 0.6 is 0 Å². The van der Waals surface area contributed by atoms with Crippen LogP contribution in [0.5, 0.6) is 0 Å². The Kier molecular flexibility index (Phi) is 7.59. The van der Waals surface area contributed by atoms with Gasteiger partial charge in [-0.25, -0.2) is 8.42 Å². The molecule has 0 atom stereocenters. The van der Waals surface area contributed by atoms with Crippen LogP contribution in [0.1, 0.15) is 80.3 Å². The van der Waals surface area contributed by atoms with Crippen LogP contribution in [0, 0.1) is 6.92 Å². The Morgan fingerprint density at radius 1 is 1.03 bits per heavy atom. The van der Waals surface area contributed by atoms with Gasteiger partial charge >= 0.3 is 5.97 Å². The van der Waals surface area contributed by atoms with Crippen molar-refractivity contribution in [2.24, 2.45) is 0 Å². The molecule has 2 aliphatic rings. The topological polar surface area (TPSA) is 68.6 Å². The summed E-state index contributed by atoms with van der Waals surface area (Å²) in [5.74, 6) is 0.209. The van der Waals surface area contributed by atoms with E-state index in [1.165, 1.54) is 25.0 Å². The van der Waals surface area contributed by atoms with Crippen molar-refractivity contribution in [2.45, 2.75) is 82.6 Å². The minimum absolute atomic E-state index is 0.208. The average Bonchev–Trinajstić information content (AvgIpc) is 3.46. The van der Waals surface area contributed by atoms with Gasteiger partial charge in [-0.2, -0.15) is 4.31 Å². The lowest BCUT2D eigenvalue weighted by atomic mass is 9.86. The van der Waals surface area contributed by atoms with E-state index in [0.717, 1.165) is 42.5 Å². The van der Waals surface area contributed by atoms with Crippen molar-refractivity contribution in [3.63, 3.8) is 0 Å². The Bertz CT molecular complexity index is 1080. The Morgan fingerprint density at radius 3 is 2.42 bits per heavy atom. The van der Waals surface area contributed by atoms with Crippen LogP contribution in [0.2, 0.25) is 0 Å². The molecule has 1 saturated carbocycles. The maximum Gasteiger partial charge on any atom is 0.325 e. The summed E-state index contributed by atoms with van der Waals surface area (Å²) in [6, 6.07) is 9.58. The Hall–Kier alpha value is -2.12. The van der Waals surface area contributed by atoms with Crippen LogP contribution in [-0.4, -0.2) is 43.0 Å². The quantitative estimate of drug-likeness (QED) is 0.519. The molecule has 1 aromatic carbocycles. The molecule has 7 heteroatoms. The number of aromatic nitrogens is 1. The fourth-order valence-electron chi connectivity index (χ4n) is 5.36. The fourth-order valence-corrected chi connectivity index (χ4v) is 7.10. The lowest BCUT2D eigenvalue weighted by molar-refractivity contribution is -0.143. The Morgan fingerprint density at radius 2 is 1.73 bits per heavy atom. The third-order valence-corrected chi connectivity index (χ3v) is 9.15. The highest BCUT2D eigenvalue weighted by atomic mass is 32.2. The number of hydrogen-bond donors (Lipinski definition) is 0. The van der Waals surface area contributed by atoms with Crippen LogP contribution in [0.3, 0.4) is 0 Å². The largest absolute Gasteiger partial charge is 0.465 e. The van der Waals surface area contributed by atoms with Gasteiger partial charge in [0, 0.05) is 30.9 Å². The van der Waals surface area contributed by atoms with Crippen molar-refractivity contribution < 1.29 is 17.9 Å². The summed E-state index contributed by atoms with van der Waals surface area (Å²) in [6.07, 6.45) is 8.32. The number of sulfonamides is 1. The molecule has 1 aliphatic heterocycles. The van der Waals surface area contributed by atoms with E-state index in [4.69, 9.17) is 4.74 Å². The molecule has 2 heterocycles. The van der Waals surface area contributed by atoms with E-state index in [-0.39, 0.29) is 12.5 Å². The van der Waals surface area contributed by atoms with Gasteiger partial charge in [0.05, 0.1) is 11.5 Å². The van der Waals surface area contributed by atoms with Crippen molar-refractivity contribution in [1.29, 1.82) is 0 Å². The summed E-state index contributed by atoms with van der Waals surface area (Å²) < 4.78 is 35.6. The van der Waals surface area contributed by atoms with Gasteiger partial charge in [-0.3, -0.25) is 4.79 Å². The zero-order valence-corrected chi connectivity index (χ0v) is 20.7. The molecule has 0 N–H and O–H groups in total. The van der Waals surface area contributed by atoms with E-state index in [9.17, 15) is 13.2 Å². The van der Waals surface area contributed by atoms with Crippen LogP contribution in [0.4, 0.5) is 0 Å². The summed E-state index contributed by atoms with van der Waals surface area (Å²) in [4.78, 5) is 12.8. The molecule has 4 rings (SSSR count). The molecule has 33 heavy (non-hydrogen) atoms. The van der Waals surface area contributed by atoms with Gasteiger partial charge in [0.25, 0.3) is 0 Å². The summed E-state index contributed by atoms with van der Waals surface area (Å²) in [7, 11) is -3.50. The summed E-state index contributed by atoms with van der Waals surface area (Å²) in [5, 5.41) is 0. The van der Waals surface area contributed by atoms with E-state index in [1.54, 1.807) is 16.4 Å². The van der Waals surface area contributed by atoms with Crippen LogP contribution < -0.4 is 0 Å². The molecule has 0 radical (unpaired) electrons. The number of benzene rings is 1. The lowest BCUT2D eigenvalue weighted by Crippen LogP contribution is -2.28. The number of carbonyl (C=O) groups excluding carboxylic acids is 1. The second-order valence-corrected chi connectivity index (χ2v) is 11.2. The third-order valence-electron chi connectivity index (χ3n) is 7.16. The van der Waals surface area contributed by atoms with E-state index in [0.29, 0.717) is 36.9 Å². The highest BCUT2D eigenvalue weighted by molar-refractivity contribution is 7.89. The van der Waals surface area contributed by atoms with Crippen LogP contribution in [0.25, 0.3) is 0 Å². The Balaban J connectivity index is 1.69. The second-order valence-electron chi connectivity index (χ2n) is 9.30. The predicted octanol–water partition coefficient (Wildman–Crippen LogP) is 4.78. The standard InChI is InChI=1S/C26H36N2O4S/c1-3-32-26(29)19-28-20(2)23(18-24(28)21-11-5-4-6-12-21)17-22-13-7-8-14-25(22)33(30,31)27-15-9-10-16-27/h7-8,13-14,18,21H,3-6,9-12,15-17,19H2,1-2H3. The summed E-state index contributed by atoms with van der Waals surface area (Å²) >= 11 is 0. The first kappa shape index (κ1) is 24.0. The molecule has 1 aliphatic carbocycles. The molecule has 0 bridgehead atoms. The first-order chi connectivity index (χ1) is 15.9. The maximum absolute atomic E-state index is 13.3. The molecule has 1 aromatic heterocycles. The number of nitrogens with zero attached hydrogens (tertiary/aromatic N) is 2. The van der Waals surface area contributed by atoms with Gasteiger partial charge in [0.1, 0.15) is 6.54 Å². The molecular weight excluding hydrogens is 436 g/mol. The molecule has 6 nitrogen and oxygen atoms in total. The van der Waals surface area contributed by atoms with E-state index in [2.05, 4.69) is 10.6 Å². The minimum atomic E-state index is -3.50. The zero-order chi connectivity index (χ0) is 23.4. The number of hydrogen-bond acceptors (Lipinski definition) is 4. The fraction of sp³-hybridized carbons (Fsp3) is 0.577. The van der Waals surface area contributed by atoms with Crippen molar-refractivity contribution in [2.75, 3.05) is 19.7 Å². The molecule has 2 aromatic rings. The molecule has 0 unspecified atom stereocenters. The van der Waals surface area contributed by atoms with Gasteiger partial charge in [0.15, 0.2) is 0 Å². The summed E-state index contributed by atoms with van der Waals surface area (Å²) in [6.45, 7) is 5.63. The van der Waals surface area contributed by atoms with Gasteiger partial charge < -0.3 is 9.30 Å². The average molecular weight is 473 g/mol. The van der Waals surface area contributed by atoms with Crippen molar-refractivity contribution in [3.8, 4) is 0 Å². The lowest BCUT2D eigenvalue weighted by Gasteiger charge is -2.23. The van der Waals surface area contributed by atoms with Gasteiger partial charge in [-0.15, -0.1) is 0 Å². The second kappa shape index (κ2) is 10.4. The minimum Gasteiger partial charge on any atom is -0.465 e. The van der Waals surface area contributed by atoms with Gasteiger partial charge in [-0.05, 0) is 68.7 Å². The van der Waals surface area contributed by atoms with Crippen molar-refractivity contribution in [3.05, 3.63) is 52.8 Å². The molecular formula is C26H36N2O4S. The number of ether oxygens (including phenoxy) is 1. The highest BCUT2D eigenvalue weighted by Crippen LogP contribution is 2.36. The van der Waals surface area contributed by atoms with Gasteiger partial charge in [0.2, 0.25) is 10.0 Å². The number of carbonyl (C=O) groups is 1. The highest BCUT2D eigenvalue weighted by Gasteiger charge is 2.30. The molecule has 1 saturated heterocycles.